The van der Waals surface area contributed by atoms with Crippen molar-refractivity contribution in [1.82, 2.24) is 25.3 Å². The van der Waals surface area contributed by atoms with Crippen molar-refractivity contribution in [3.8, 4) is 0 Å². The van der Waals surface area contributed by atoms with E-state index in [1.165, 1.54) is 10.7 Å². The molecular formula is C18H24N6O2. The van der Waals surface area contributed by atoms with Crippen molar-refractivity contribution in [2.45, 2.75) is 32.7 Å². The highest BCUT2D eigenvalue weighted by Gasteiger charge is 2.26. The van der Waals surface area contributed by atoms with Crippen molar-refractivity contribution in [2.24, 2.45) is 5.92 Å². The van der Waals surface area contributed by atoms with Gasteiger partial charge in [0.15, 0.2) is 5.82 Å². The molecule has 0 radical (unpaired) electrons. The minimum absolute atomic E-state index is 0.0515. The summed E-state index contributed by atoms with van der Waals surface area (Å²) in [4.78, 5) is 26.2. The van der Waals surface area contributed by atoms with E-state index in [9.17, 15) is 9.59 Å². The second-order valence-electron chi connectivity index (χ2n) is 6.55. The van der Waals surface area contributed by atoms with Crippen molar-refractivity contribution < 1.29 is 4.79 Å². The molecule has 3 heterocycles. The summed E-state index contributed by atoms with van der Waals surface area (Å²) in [7, 11) is 0. The molecule has 0 spiro atoms. The summed E-state index contributed by atoms with van der Waals surface area (Å²) in [6, 6.07) is 6.99. The van der Waals surface area contributed by atoms with Gasteiger partial charge in [-0.3, -0.25) is 9.59 Å². The Hall–Kier alpha value is -2.77. The van der Waals surface area contributed by atoms with Gasteiger partial charge in [-0.15, -0.1) is 5.10 Å². The van der Waals surface area contributed by atoms with Crippen LogP contribution in [-0.4, -0.2) is 45.5 Å². The van der Waals surface area contributed by atoms with Gasteiger partial charge >= 0.3 is 0 Å². The number of anilines is 1. The summed E-state index contributed by atoms with van der Waals surface area (Å²) in [5, 5.41) is 15.3. The molecular weight excluding hydrogens is 332 g/mol. The van der Waals surface area contributed by atoms with Crippen molar-refractivity contribution >= 4 is 11.7 Å². The summed E-state index contributed by atoms with van der Waals surface area (Å²) in [6.45, 7) is 4.48. The Morgan fingerprint density at radius 2 is 2.19 bits per heavy atom. The topological polar surface area (TPSA) is 93.0 Å². The van der Waals surface area contributed by atoms with Gasteiger partial charge in [0.1, 0.15) is 0 Å². The van der Waals surface area contributed by atoms with E-state index in [1.807, 2.05) is 19.1 Å². The fourth-order valence-corrected chi connectivity index (χ4v) is 3.10. The molecule has 1 aliphatic rings. The first-order valence-corrected chi connectivity index (χ1v) is 8.98. The Kier molecular flexibility index (Phi) is 5.93. The lowest BCUT2D eigenvalue weighted by Crippen LogP contribution is -2.43. The van der Waals surface area contributed by atoms with Crippen molar-refractivity contribution in [2.75, 3.05) is 24.5 Å². The zero-order valence-electron chi connectivity index (χ0n) is 15.0. The molecule has 1 atom stereocenters. The second kappa shape index (κ2) is 8.55. The van der Waals surface area contributed by atoms with Gasteiger partial charge in [-0.2, -0.15) is 10.2 Å². The van der Waals surface area contributed by atoms with Crippen LogP contribution in [0.15, 0.2) is 35.3 Å². The molecule has 138 valence electrons. The van der Waals surface area contributed by atoms with Crippen molar-refractivity contribution in [3.05, 3.63) is 46.5 Å². The van der Waals surface area contributed by atoms with E-state index in [-0.39, 0.29) is 17.4 Å². The van der Waals surface area contributed by atoms with Crippen LogP contribution in [0.25, 0.3) is 0 Å². The molecule has 1 N–H and O–H groups in total. The lowest BCUT2D eigenvalue weighted by atomic mass is 9.97. The molecule has 0 aliphatic carbocycles. The summed E-state index contributed by atoms with van der Waals surface area (Å²) in [6.07, 6.45) is 4.09. The Labute approximate surface area is 152 Å². The van der Waals surface area contributed by atoms with Gasteiger partial charge in [-0.25, -0.2) is 4.68 Å². The molecule has 26 heavy (non-hydrogen) atoms. The average molecular weight is 356 g/mol. The molecule has 0 bridgehead atoms. The molecule has 1 amide bonds. The van der Waals surface area contributed by atoms with Gasteiger partial charge in [0.05, 0.1) is 11.6 Å². The van der Waals surface area contributed by atoms with Crippen LogP contribution in [-0.2, 0) is 11.3 Å². The monoisotopic (exact) mass is 356 g/mol. The maximum Gasteiger partial charge on any atom is 0.266 e. The van der Waals surface area contributed by atoms with Crippen LogP contribution >= 0.6 is 0 Å². The molecule has 1 aliphatic heterocycles. The SMILES string of the molecule is Cc1ccc(N2CCCC(C(=O)NCCCn3ncccc3=O)C2)nn1. The number of aromatic nitrogens is 4. The smallest absolute Gasteiger partial charge is 0.266 e. The van der Waals surface area contributed by atoms with E-state index < -0.39 is 0 Å². The lowest BCUT2D eigenvalue weighted by Gasteiger charge is -2.32. The van der Waals surface area contributed by atoms with Crippen LogP contribution in [0.2, 0.25) is 0 Å². The molecule has 0 aromatic carbocycles. The van der Waals surface area contributed by atoms with E-state index in [4.69, 9.17) is 0 Å². The predicted octanol–water partition coefficient (Wildman–Crippen LogP) is 0.765. The molecule has 1 fully saturated rings. The second-order valence-corrected chi connectivity index (χ2v) is 6.55. The number of hydrogen-bond acceptors (Lipinski definition) is 6. The van der Waals surface area contributed by atoms with Crippen LogP contribution in [0.5, 0.6) is 0 Å². The van der Waals surface area contributed by atoms with Crippen LogP contribution in [0.3, 0.4) is 0 Å². The number of nitrogens with zero attached hydrogens (tertiary/aromatic N) is 5. The van der Waals surface area contributed by atoms with Gasteiger partial charge in [-0.05, 0) is 44.4 Å². The zero-order chi connectivity index (χ0) is 18.4. The Morgan fingerprint density at radius 3 is 2.96 bits per heavy atom. The molecule has 8 heteroatoms. The number of amides is 1. The maximum atomic E-state index is 12.4. The third-order valence-corrected chi connectivity index (χ3v) is 4.53. The molecule has 0 saturated carbocycles. The highest BCUT2D eigenvalue weighted by molar-refractivity contribution is 5.79. The third-order valence-electron chi connectivity index (χ3n) is 4.53. The van der Waals surface area contributed by atoms with Gasteiger partial charge < -0.3 is 10.2 Å². The van der Waals surface area contributed by atoms with Crippen LogP contribution in [0.1, 0.15) is 25.0 Å². The first-order valence-electron chi connectivity index (χ1n) is 8.98. The number of aryl methyl sites for hydroxylation is 2. The predicted molar refractivity (Wildman–Crippen MR) is 97.8 cm³/mol. The minimum atomic E-state index is -0.124. The number of carbonyl (C=O) groups excluding carboxylic acids is 1. The number of nitrogens with one attached hydrogen (secondary N) is 1. The van der Waals surface area contributed by atoms with Gasteiger partial charge in [-0.1, -0.05) is 0 Å². The van der Waals surface area contributed by atoms with Crippen LogP contribution in [0, 0.1) is 12.8 Å². The first-order chi connectivity index (χ1) is 12.6. The van der Waals surface area contributed by atoms with Gasteiger partial charge in [0, 0.05) is 38.4 Å². The number of rotatable bonds is 6. The quantitative estimate of drug-likeness (QED) is 0.769. The summed E-state index contributed by atoms with van der Waals surface area (Å²) >= 11 is 0. The van der Waals surface area contributed by atoms with Gasteiger partial charge in [0.25, 0.3) is 5.56 Å². The lowest BCUT2D eigenvalue weighted by molar-refractivity contribution is -0.125. The average Bonchev–Trinajstić information content (AvgIpc) is 2.67. The molecule has 2 aromatic rings. The normalized spacial score (nSPS) is 17.1. The molecule has 1 unspecified atom stereocenters. The van der Waals surface area contributed by atoms with Crippen molar-refractivity contribution in [1.29, 1.82) is 0 Å². The Bertz CT molecular complexity index is 789. The largest absolute Gasteiger partial charge is 0.356 e. The zero-order valence-corrected chi connectivity index (χ0v) is 15.0. The van der Waals surface area contributed by atoms with Crippen LogP contribution in [0.4, 0.5) is 5.82 Å². The van der Waals surface area contributed by atoms with E-state index in [1.54, 1.807) is 12.3 Å². The molecule has 1 saturated heterocycles. The number of hydrogen-bond donors (Lipinski definition) is 1. The third kappa shape index (κ3) is 4.65. The molecule has 3 rings (SSSR count). The highest BCUT2D eigenvalue weighted by Crippen LogP contribution is 2.21. The number of piperidine rings is 1. The Balaban J connectivity index is 1.46. The molecule has 2 aromatic heterocycles. The highest BCUT2D eigenvalue weighted by atomic mass is 16.2. The first kappa shape index (κ1) is 18.0. The molecule has 8 nitrogen and oxygen atoms in total. The summed E-state index contributed by atoms with van der Waals surface area (Å²) in [5.74, 6) is 0.829. The van der Waals surface area contributed by atoms with Gasteiger partial charge in [0.2, 0.25) is 5.91 Å². The maximum absolute atomic E-state index is 12.4. The number of carbonyl (C=O) groups is 1. The minimum Gasteiger partial charge on any atom is -0.356 e. The fourth-order valence-electron chi connectivity index (χ4n) is 3.10. The summed E-state index contributed by atoms with van der Waals surface area (Å²) in [5.41, 5.74) is 0.757. The van der Waals surface area contributed by atoms with Crippen LogP contribution < -0.4 is 15.8 Å². The standard InChI is InChI=1S/C18H24N6O2/c1-14-7-8-16(22-21-14)23-11-3-5-15(13-23)18(26)19-9-4-12-24-17(25)6-2-10-20-24/h2,6-8,10,15H,3-5,9,11-13H2,1H3,(H,19,26). The summed E-state index contributed by atoms with van der Waals surface area (Å²) < 4.78 is 1.41. The van der Waals surface area contributed by atoms with Crippen molar-refractivity contribution in [3.63, 3.8) is 0 Å². The van der Waals surface area contributed by atoms with E-state index in [2.05, 4.69) is 25.5 Å². The Morgan fingerprint density at radius 1 is 1.31 bits per heavy atom. The van der Waals surface area contributed by atoms with E-state index in [0.717, 1.165) is 30.9 Å². The van der Waals surface area contributed by atoms with E-state index >= 15 is 0 Å². The van der Waals surface area contributed by atoms with E-state index in [0.29, 0.717) is 26.1 Å². The fraction of sp³-hybridized carbons (Fsp3) is 0.500.